The van der Waals surface area contributed by atoms with Crippen LogP contribution in [0.1, 0.15) is 5.56 Å². The Kier molecular flexibility index (Phi) is 5.02. The lowest BCUT2D eigenvalue weighted by Gasteiger charge is -2.21. The smallest absolute Gasteiger partial charge is 0.229 e. The van der Waals surface area contributed by atoms with Gasteiger partial charge in [0.1, 0.15) is 12.1 Å². The van der Waals surface area contributed by atoms with Gasteiger partial charge < -0.3 is 14.4 Å². The molecule has 2 aromatic carbocycles. The Morgan fingerprint density at radius 3 is 2.77 bits per heavy atom. The molecule has 0 atom stereocenters. The molecule has 9 heteroatoms. The number of ether oxygens (including phenoxy) is 2. The predicted molar refractivity (Wildman–Crippen MR) is 114 cm³/mol. The van der Waals surface area contributed by atoms with Crippen LogP contribution in [0.2, 0.25) is 5.02 Å². The first kappa shape index (κ1) is 18.9. The third kappa shape index (κ3) is 3.83. The molecular weight excluding hydrogens is 427 g/mol. The Hall–Kier alpha value is -3.10. The highest BCUT2D eigenvalue weighted by atomic mass is 35.5. The first-order chi connectivity index (χ1) is 14.7. The number of rotatable bonds is 6. The maximum atomic E-state index is 13.4. The van der Waals surface area contributed by atoms with Crippen LogP contribution in [0.3, 0.4) is 0 Å². The normalized spacial score (nSPS) is 13.2. The highest BCUT2D eigenvalue weighted by molar-refractivity contribution is 7.20. The fourth-order valence-corrected chi connectivity index (χ4v) is 4.21. The second-order valence-electron chi connectivity index (χ2n) is 6.72. The van der Waals surface area contributed by atoms with Gasteiger partial charge in [0.2, 0.25) is 16.9 Å². The number of nitrogens with zero attached hydrogens (tertiary/aromatic N) is 4. The number of hydrogen-bond donors (Lipinski definition) is 0. The summed E-state index contributed by atoms with van der Waals surface area (Å²) < 4.78 is 25.9. The average Bonchev–Trinajstić information content (AvgIpc) is 3.47. The van der Waals surface area contributed by atoms with E-state index in [1.807, 2.05) is 24.4 Å². The Morgan fingerprint density at radius 2 is 2.03 bits per heavy atom. The molecule has 0 spiro atoms. The van der Waals surface area contributed by atoms with E-state index >= 15 is 0 Å². The number of hydrogen-bond acceptors (Lipinski definition) is 6. The highest BCUT2D eigenvalue weighted by Gasteiger charge is 2.19. The molecule has 0 fully saturated rings. The lowest BCUT2D eigenvalue weighted by molar-refractivity contribution is 0.0797. The zero-order valence-electron chi connectivity index (χ0n) is 15.7. The highest BCUT2D eigenvalue weighted by Crippen LogP contribution is 2.30. The van der Waals surface area contributed by atoms with Gasteiger partial charge in [-0.15, -0.1) is 5.10 Å². The fourth-order valence-electron chi connectivity index (χ4n) is 3.15. The lowest BCUT2D eigenvalue weighted by atomic mass is 10.2. The summed E-state index contributed by atoms with van der Waals surface area (Å²) >= 11 is 7.37. The maximum absolute atomic E-state index is 13.4. The molecule has 30 heavy (non-hydrogen) atoms. The standard InChI is InChI=1S/C21H16ClFN4O2S/c22-17-8-15(6-7-18(17)23)19-11-27-20(24-19)30-21(25-27)26(10-16-12-28-13-29-16)9-14-4-2-1-3-5-14/h1-8,11-12H,9-10,13H2. The minimum atomic E-state index is -0.453. The molecule has 0 saturated carbocycles. The van der Waals surface area contributed by atoms with Crippen molar-refractivity contribution in [1.82, 2.24) is 14.6 Å². The zero-order valence-corrected chi connectivity index (χ0v) is 17.2. The summed E-state index contributed by atoms with van der Waals surface area (Å²) in [5.74, 6) is 0.297. The SMILES string of the molecule is Fc1ccc(-c2cn3nc(N(CC4=COCO4)Cc4ccccc4)sc3n2)cc1Cl. The van der Waals surface area contributed by atoms with Crippen LogP contribution in [-0.2, 0) is 16.0 Å². The minimum Gasteiger partial charge on any atom is -0.462 e. The van der Waals surface area contributed by atoms with Crippen LogP contribution in [0.5, 0.6) is 0 Å². The third-order valence-corrected chi connectivity index (χ3v) is 5.88. The summed E-state index contributed by atoms with van der Waals surface area (Å²) in [5, 5.41) is 5.58. The van der Waals surface area contributed by atoms with Crippen LogP contribution >= 0.6 is 22.9 Å². The van der Waals surface area contributed by atoms with Gasteiger partial charge in [0.05, 0.1) is 23.5 Å². The molecule has 0 radical (unpaired) electrons. The average molecular weight is 443 g/mol. The van der Waals surface area contributed by atoms with Crippen LogP contribution < -0.4 is 4.90 Å². The summed E-state index contributed by atoms with van der Waals surface area (Å²) in [6.45, 7) is 1.43. The van der Waals surface area contributed by atoms with Gasteiger partial charge in [-0.25, -0.2) is 13.9 Å². The summed E-state index contributed by atoms with van der Waals surface area (Å²) in [5.41, 5.74) is 2.59. The Balaban J connectivity index is 1.45. The zero-order chi connectivity index (χ0) is 20.5. The number of imidazole rings is 1. The van der Waals surface area contributed by atoms with Crippen LogP contribution in [0, 0.1) is 5.82 Å². The molecule has 0 amide bonds. The van der Waals surface area contributed by atoms with Crippen molar-refractivity contribution in [3.05, 3.63) is 83.2 Å². The minimum absolute atomic E-state index is 0.0681. The molecule has 1 aliphatic heterocycles. The number of aromatic nitrogens is 3. The number of halogens is 2. The number of anilines is 1. The van der Waals surface area contributed by atoms with E-state index < -0.39 is 5.82 Å². The van der Waals surface area contributed by atoms with E-state index in [0.717, 1.165) is 27.0 Å². The van der Waals surface area contributed by atoms with Gasteiger partial charge in [-0.3, -0.25) is 0 Å². The third-order valence-electron chi connectivity index (χ3n) is 4.61. The van der Waals surface area contributed by atoms with E-state index in [2.05, 4.69) is 22.0 Å². The number of benzene rings is 2. The Bertz CT molecular complexity index is 1190. The molecule has 3 heterocycles. The fraction of sp³-hybridized carbons (Fsp3) is 0.143. The van der Waals surface area contributed by atoms with Crippen molar-refractivity contribution >= 4 is 33.0 Å². The Morgan fingerprint density at radius 1 is 1.17 bits per heavy atom. The van der Waals surface area contributed by atoms with Gasteiger partial charge in [0, 0.05) is 12.1 Å². The van der Waals surface area contributed by atoms with Crippen LogP contribution in [-0.4, -0.2) is 27.9 Å². The van der Waals surface area contributed by atoms with Gasteiger partial charge in [-0.1, -0.05) is 53.3 Å². The van der Waals surface area contributed by atoms with Crippen molar-refractivity contribution < 1.29 is 13.9 Å². The first-order valence-electron chi connectivity index (χ1n) is 9.20. The molecule has 0 saturated heterocycles. The van der Waals surface area contributed by atoms with E-state index in [-0.39, 0.29) is 11.8 Å². The quantitative estimate of drug-likeness (QED) is 0.415. The van der Waals surface area contributed by atoms with Crippen LogP contribution in [0.15, 0.2) is 66.7 Å². The molecule has 152 valence electrons. The van der Waals surface area contributed by atoms with Crippen molar-refractivity contribution in [3.8, 4) is 11.3 Å². The van der Waals surface area contributed by atoms with Crippen LogP contribution in [0.25, 0.3) is 16.2 Å². The molecular formula is C21H16ClFN4O2S. The van der Waals surface area contributed by atoms with E-state index in [9.17, 15) is 4.39 Å². The van der Waals surface area contributed by atoms with E-state index in [1.54, 1.807) is 22.9 Å². The molecule has 2 aromatic heterocycles. The second kappa shape index (κ2) is 7.97. The van der Waals surface area contributed by atoms with Gasteiger partial charge in [0.25, 0.3) is 0 Å². The van der Waals surface area contributed by atoms with E-state index in [1.165, 1.54) is 17.4 Å². The van der Waals surface area contributed by atoms with Gasteiger partial charge >= 0.3 is 0 Å². The molecule has 0 N–H and O–H groups in total. The molecule has 5 rings (SSSR count). The van der Waals surface area contributed by atoms with Crippen LogP contribution in [0.4, 0.5) is 9.52 Å². The van der Waals surface area contributed by atoms with Crippen molar-refractivity contribution in [1.29, 1.82) is 0 Å². The summed E-state index contributed by atoms with van der Waals surface area (Å²) in [4.78, 5) is 7.48. The second-order valence-corrected chi connectivity index (χ2v) is 8.06. The Labute approximate surface area is 180 Å². The van der Waals surface area contributed by atoms with E-state index in [4.69, 9.17) is 26.2 Å². The summed E-state index contributed by atoms with van der Waals surface area (Å²) in [7, 11) is 0. The largest absolute Gasteiger partial charge is 0.462 e. The number of fused-ring (bicyclic) bond motifs is 1. The van der Waals surface area contributed by atoms with Crippen molar-refractivity contribution in [2.75, 3.05) is 18.2 Å². The van der Waals surface area contributed by atoms with Gasteiger partial charge in [-0.05, 0) is 23.8 Å². The first-order valence-corrected chi connectivity index (χ1v) is 10.4. The predicted octanol–water partition coefficient (Wildman–Crippen LogP) is 5.10. The van der Waals surface area contributed by atoms with Crippen molar-refractivity contribution in [2.45, 2.75) is 6.54 Å². The van der Waals surface area contributed by atoms with Crippen molar-refractivity contribution in [2.24, 2.45) is 0 Å². The lowest BCUT2D eigenvalue weighted by Crippen LogP contribution is -2.25. The molecule has 0 aliphatic carbocycles. The summed E-state index contributed by atoms with van der Waals surface area (Å²) in [6.07, 6.45) is 3.45. The molecule has 1 aliphatic rings. The van der Waals surface area contributed by atoms with Crippen molar-refractivity contribution in [3.63, 3.8) is 0 Å². The summed E-state index contributed by atoms with van der Waals surface area (Å²) in [6, 6.07) is 14.7. The van der Waals surface area contributed by atoms with E-state index in [0.29, 0.717) is 18.8 Å². The molecule has 0 bridgehead atoms. The molecule has 0 unspecified atom stereocenters. The van der Waals surface area contributed by atoms with Gasteiger partial charge in [-0.2, -0.15) is 0 Å². The van der Waals surface area contributed by atoms with Gasteiger partial charge in [0.15, 0.2) is 5.76 Å². The topological polar surface area (TPSA) is 51.9 Å². The molecule has 6 nitrogen and oxygen atoms in total. The maximum Gasteiger partial charge on any atom is 0.229 e. The monoisotopic (exact) mass is 442 g/mol. The molecule has 4 aromatic rings.